The Balaban J connectivity index is 2.50. The van der Waals surface area contributed by atoms with Crippen LogP contribution < -0.4 is 0 Å². The Hall–Kier alpha value is -0.200. The second-order valence-corrected chi connectivity index (χ2v) is 3.39. The van der Waals surface area contributed by atoms with Crippen LogP contribution in [-0.4, -0.2) is 52.6 Å². The number of aliphatic hydroxyl groups excluding tert-OH is 3. The highest BCUT2D eigenvalue weighted by Gasteiger charge is 2.43. The Bertz CT molecular complexity index is 161. The molecule has 5 nitrogen and oxygen atoms in total. The lowest BCUT2D eigenvalue weighted by atomic mass is 10.1. The van der Waals surface area contributed by atoms with Gasteiger partial charge in [0, 0.05) is 0 Å². The highest BCUT2D eigenvalue weighted by atomic mass is 16.7. The van der Waals surface area contributed by atoms with Crippen molar-refractivity contribution in [2.75, 3.05) is 6.61 Å². The Morgan fingerprint density at radius 1 is 1.31 bits per heavy atom. The molecular formula is C8H16O5. The average molecular weight is 192 g/mol. The standard InChI is InChI=1S/C8H16O5/c1-4(2)12-8-7(11)6(10)5(3-9)13-8/h4-11H,3H2,1-2H3/t5-,6-,7+,8+/m0/s1. The molecule has 3 N–H and O–H groups in total. The zero-order valence-corrected chi connectivity index (χ0v) is 7.75. The van der Waals surface area contributed by atoms with Gasteiger partial charge < -0.3 is 24.8 Å². The predicted molar refractivity (Wildman–Crippen MR) is 44.0 cm³/mol. The minimum absolute atomic E-state index is 0.0932. The minimum atomic E-state index is -1.08. The molecule has 0 amide bonds. The summed E-state index contributed by atoms with van der Waals surface area (Å²) in [5.41, 5.74) is 0. The van der Waals surface area contributed by atoms with Crippen LogP contribution in [-0.2, 0) is 9.47 Å². The fourth-order valence-corrected chi connectivity index (χ4v) is 1.25. The average Bonchev–Trinajstić information content (AvgIpc) is 2.32. The van der Waals surface area contributed by atoms with E-state index in [0.717, 1.165) is 0 Å². The van der Waals surface area contributed by atoms with Gasteiger partial charge in [-0.15, -0.1) is 0 Å². The summed E-state index contributed by atoms with van der Waals surface area (Å²) >= 11 is 0. The quantitative estimate of drug-likeness (QED) is 0.526. The maximum Gasteiger partial charge on any atom is 0.186 e. The van der Waals surface area contributed by atoms with Crippen molar-refractivity contribution in [2.24, 2.45) is 0 Å². The fraction of sp³-hybridized carbons (Fsp3) is 1.00. The summed E-state index contributed by atoms with van der Waals surface area (Å²) in [6.07, 6.45) is -3.84. The molecule has 1 saturated heterocycles. The SMILES string of the molecule is CC(C)O[C@@H]1O[C@@H](CO)[C@H](O)[C@H]1O. The van der Waals surface area contributed by atoms with Gasteiger partial charge in [-0.25, -0.2) is 0 Å². The third-order valence-electron chi connectivity index (χ3n) is 1.90. The summed E-state index contributed by atoms with van der Waals surface area (Å²) in [6, 6.07) is 0. The molecule has 0 radical (unpaired) electrons. The minimum Gasteiger partial charge on any atom is -0.394 e. The third kappa shape index (κ3) is 2.38. The predicted octanol–water partition coefficient (Wildman–Crippen LogP) is -1.15. The lowest BCUT2D eigenvalue weighted by Crippen LogP contribution is -2.35. The number of ether oxygens (including phenoxy) is 2. The highest BCUT2D eigenvalue weighted by Crippen LogP contribution is 2.22. The maximum absolute atomic E-state index is 9.40. The van der Waals surface area contributed by atoms with Crippen molar-refractivity contribution in [3.05, 3.63) is 0 Å². The summed E-state index contributed by atoms with van der Waals surface area (Å²) in [4.78, 5) is 0. The fourth-order valence-electron chi connectivity index (χ4n) is 1.25. The van der Waals surface area contributed by atoms with Crippen LogP contribution in [0.5, 0.6) is 0 Å². The van der Waals surface area contributed by atoms with Gasteiger partial charge >= 0.3 is 0 Å². The first-order chi connectivity index (χ1) is 6.06. The van der Waals surface area contributed by atoms with E-state index in [1.54, 1.807) is 13.8 Å². The van der Waals surface area contributed by atoms with Gasteiger partial charge in [0.15, 0.2) is 6.29 Å². The van der Waals surface area contributed by atoms with Crippen LogP contribution >= 0.6 is 0 Å². The number of rotatable bonds is 3. The Morgan fingerprint density at radius 2 is 1.92 bits per heavy atom. The van der Waals surface area contributed by atoms with E-state index in [1.165, 1.54) is 0 Å². The number of hydrogen-bond acceptors (Lipinski definition) is 5. The Labute approximate surface area is 76.9 Å². The van der Waals surface area contributed by atoms with Crippen molar-refractivity contribution in [1.82, 2.24) is 0 Å². The van der Waals surface area contributed by atoms with E-state index in [-0.39, 0.29) is 12.7 Å². The number of hydrogen-bond donors (Lipinski definition) is 3. The maximum atomic E-state index is 9.40. The Kier molecular flexibility index (Phi) is 3.63. The summed E-state index contributed by atoms with van der Waals surface area (Å²) in [5.74, 6) is 0. The van der Waals surface area contributed by atoms with Gasteiger partial charge in [0.1, 0.15) is 18.3 Å². The summed E-state index contributed by atoms with van der Waals surface area (Å²) in [5, 5.41) is 27.5. The van der Waals surface area contributed by atoms with Gasteiger partial charge in [-0.3, -0.25) is 0 Å². The second kappa shape index (κ2) is 4.34. The molecule has 5 heteroatoms. The molecule has 0 bridgehead atoms. The van der Waals surface area contributed by atoms with Crippen molar-refractivity contribution >= 4 is 0 Å². The van der Waals surface area contributed by atoms with E-state index in [9.17, 15) is 10.2 Å². The molecule has 13 heavy (non-hydrogen) atoms. The van der Waals surface area contributed by atoms with Crippen LogP contribution in [0.25, 0.3) is 0 Å². The zero-order chi connectivity index (χ0) is 10.0. The molecule has 0 aliphatic carbocycles. The Morgan fingerprint density at radius 3 is 2.31 bits per heavy atom. The van der Waals surface area contributed by atoms with Gasteiger partial charge in [-0.2, -0.15) is 0 Å². The van der Waals surface area contributed by atoms with E-state index in [1.807, 2.05) is 0 Å². The first-order valence-electron chi connectivity index (χ1n) is 4.34. The lowest BCUT2D eigenvalue weighted by molar-refractivity contribution is -0.186. The van der Waals surface area contributed by atoms with Crippen molar-refractivity contribution < 1.29 is 24.8 Å². The largest absolute Gasteiger partial charge is 0.394 e. The van der Waals surface area contributed by atoms with Crippen LogP contribution in [0.2, 0.25) is 0 Å². The van der Waals surface area contributed by atoms with Crippen molar-refractivity contribution in [3.8, 4) is 0 Å². The molecule has 0 aromatic carbocycles. The molecule has 0 spiro atoms. The first-order valence-corrected chi connectivity index (χ1v) is 4.34. The van der Waals surface area contributed by atoms with Crippen molar-refractivity contribution in [2.45, 2.75) is 44.6 Å². The first kappa shape index (κ1) is 10.9. The van der Waals surface area contributed by atoms with Gasteiger partial charge in [0.25, 0.3) is 0 Å². The number of aliphatic hydroxyl groups is 3. The molecule has 4 atom stereocenters. The van der Waals surface area contributed by atoms with Gasteiger partial charge in [0.05, 0.1) is 12.7 Å². The lowest BCUT2D eigenvalue weighted by Gasteiger charge is -2.17. The topological polar surface area (TPSA) is 79.2 Å². The van der Waals surface area contributed by atoms with Crippen LogP contribution in [0.3, 0.4) is 0 Å². The summed E-state index contributed by atoms with van der Waals surface area (Å²) in [6.45, 7) is 3.28. The summed E-state index contributed by atoms with van der Waals surface area (Å²) in [7, 11) is 0. The monoisotopic (exact) mass is 192 g/mol. The smallest absolute Gasteiger partial charge is 0.186 e. The molecule has 0 aromatic heterocycles. The summed E-state index contributed by atoms with van der Waals surface area (Å²) < 4.78 is 10.3. The molecule has 1 aliphatic rings. The molecule has 0 unspecified atom stereocenters. The molecular weight excluding hydrogens is 176 g/mol. The van der Waals surface area contributed by atoms with Crippen LogP contribution in [0.1, 0.15) is 13.8 Å². The van der Waals surface area contributed by atoms with E-state index in [2.05, 4.69) is 0 Å². The van der Waals surface area contributed by atoms with E-state index in [4.69, 9.17) is 14.6 Å². The van der Waals surface area contributed by atoms with Gasteiger partial charge in [-0.1, -0.05) is 0 Å². The van der Waals surface area contributed by atoms with Gasteiger partial charge in [0.2, 0.25) is 0 Å². The van der Waals surface area contributed by atoms with E-state index >= 15 is 0 Å². The molecule has 1 rings (SSSR count). The van der Waals surface area contributed by atoms with Gasteiger partial charge in [-0.05, 0) is 13.8 Å². The van der Waals surface area contributed by atoms with E-state index in [0.29, 0.717) is 0 Å². The zero-order valence-electron chi connectivity index (χ0n) is 7.75. The normalized spacial score (nSPS) is 40.2. The molecule has 1 fully saturated rings. The molecule has 78 valence electrons. The van der Waals surface area contributed by atoms with E-state index < -0.39 is 24.6 Å². The molecule has 1 aliphatic heterocycles. The molecule has 0 saturated carbocycles. The van der Waals surface area contributed by atoms with Crippen molar-refractivity contribution in [1.29, 1.82) is 0 Å². The molecule has 0 aromatic rings. The molecule has 1 heterocycles. The second-order valence-electron chi connectivity index (χ2n) is 3.39. The third-order valence-corrected chi connectivity index (χ3v) is 1.90. The van der Waals surface area contributed by atoms with Crippen LogP contribution in [0.15, 0.2) is 0 Å². The highest BCUT2D eigenvalue weighted by molar-refractivity contribution is 4.86. The van der Waals surface area contributed by atoms with Crippen molar-refractivity contribution in [3.63, 3.8) is 0 Å². The van der Waals surface area contributed by atoms with Crippen LogP contribution in [0.4, 0.5) is 0 Å². The van der Waals surface area contributed by atoms with Crippen LogP contribution in [0, 0.1) is 0 Å².